The Labute approximate surface area is 76.4 Å². The molecule has 70 valence electrons. The van der Waals surface area contributed by atoms with E-state index in [-0.39, 0.29) is 0 Å². The highest BCUT2D eigenvalue weighted by atomic mass is 16.7. The minimum absolute atomic E-state index is 0.309. The molecule has 0 unspecified atom stereocenters. The minimum Gasteiger partial charge on any atom is -0.454 e. The molecule has 1 heterocycles. The first-order chi connectivity index (χ1) is 6.40. The second kappa shape index (κ2) is 3.53. The van der Waals surface area contributed by atoms with E-state index >= 15 is 0 Å². The van der Waals surface area contributed by atoms with Crippen molar-refractivity contribution < 1.29 is 14.2 Å². The molecule has 1 N–H and O–H groups in total. The maximum Gasteiger partial charge on any atom is 0.231 e. The summed E-state index contributed by atoms with van der Waals surface area (Å²) in [6.45, 7) is 0.794. The number of hydrogen-bond donors (Lipinski definition) is 1. The van der Waals surface area contributed by atoms with Crippen LogP contribution in [0.15, 0.2) is 18.2 Å². The topological polar surface area (TPSA) is 39.7 Å². The third-order valence-electron chi connectivity index (χ3n) is 1.79. The first-order valence-electron chi connectivity index (χ1n) is 4.02. The molecule has 0 atom stereocenters. The molecule has 2 rings (SSSR count). The van der Waals surface area contributed by atoms with Gasteiger partial charge in [-0.3, -0.25) is 0 Å². The number of fused-ring (bicyclic) bond motifs is 1. The van der Waals surface area contributed by atoms with Crippen molar-refractivity contribution in [2.75, 3.05) is 26.0 Å². The van der Waals surface area contributed by atoms with Crippen molar-refractivity contribution in [1.29, 1.82) is 0 Å². The zero-order chi connectivity index (χ0) is 9.10. The van der Waals surface area contributed by atoms with Gasteiger partial charge in [-0.1, -0.05) is 0 Å². The van der Waals surface area contributed by atoms with Crippen molar-refractivity contribution in [3.63, 3.8) is 0 Å². The van der Waals surface area contributed by atoms with Crippen LogP contribution in [0.5, 0.6) is 11.5 Å². The van der Waals surface area contributed by atoms with Crippen molar-refractivity contribution in [3.8, 4) is 11.5 Å². The molecule has 0 bridgehead atoms. The molecule has 0 amide bonds. The quantitative estimate of drug-likeness (QED) is 0.716. The summed E-state index contributed by atoms with van der Waals surface area (Å²) >= 11 is 0. The molecular weight excluding hydrogens is 170 g/mol. The van der Waals surface area contributed by atoms with Crippen LogP contribution in [0.4, 0.5) is 5.69 Å². The molecule has 1 aromatic carbocycles. The third-order valence-corrected chi connectivity index (χ3v) is 1.79. The Morgan fingerprint density at radius 3 is 3.08 bits per heavy atom. The number of hydrogen-bond acceptors (Lipinski definition) is 4. The Hall–Kier alpha value is -1.42. The van der Waals surface area contributed by atoms with E-state index < -0.39 is 0 Å². The molecule has 4 nitrogen and oxygen atoms in total. The van der Waals surface area contributed by atoms with Crippen LogP contribution in [0.25, 0.3) is 0 Å². The summed E-state index contributed by atoms with van der Waals surface area (Å²) in [6.07, 6.45) is 0. The lowest BCUT2D eigenvalue weighted by molar-refractivity contribution is 0.174. The van der Waals surface area contributed by atoms with E-state index in [4.69, 9.17) is 14.2 Å². The van der Waals surface area contributed by atoms with Crippen molar-refractivity contribution in [1.82, 2.24) is 0 Å². The number of anilines is 1. The molecule has 4 heteroatoms. The van der Waals surface area contributed by atoms with Crippen LogP contribution in [0, 0.1) is 0 Å². The van der Waals surface area contributed by atoms with Crippen LogP contribution in [0.3, 0.4) is 0 Å². The van der Waals surface area contributed by atoms with E-state index in [9.17, 15) is 0 Å². The van der Waals surface area contributed by atoms with Gasteiger partial charge in [0.15, 0.2) is 11.5 Å². The monoisotopic (exact) mass is 181 g/mol. The Morgan fingerprint density at radius 2 is 2.23 bits per heavy atom. The molecule has 0 radical (unpaired) electrons. The van der Waals surface area contributed by atoms with Crippen molar-refractivity contribution in [2.24, 2.45) is 0 Å². The van der Waals surface area contributed by atoms with Crippen molar-refractivity contribution >= 4 is 5.69 Å². The molecule has 0 aliphatic carbocycles. The zero-order valence-corrected chi connectivity index (χ0v) is 7.37. The standard InChI is InChI=1S/C9H11NO3/c1-11-5-10-7-2-3-8-9(4-7)13-6-12-8/h2-4,10H,5-6H2,1H3. The molecule has 0 aromatic heterocycles. The number of rotatable bonds is 3. The van der Waals surface area contributed by atoms with Crippen molar-refractivity contribution in [3.05, 3.63) is 18.2 Å². The van der Waals surface area contributed by atoms with Gasteiger partial charge in [-0.15, -0.1) is 0 Å². The predicted molar refractivity (Wildman–Crippen MR) is 48.1 cm³/mol. The van der Waals surface area contributed by atoms with Crippen LogP contribution in [-0.2, 0) is 4.74 Å². The van der Waals surface area contributed by atoms with Crippen LogP contribution in [0.1, 0.15) is 0 Å². The summed E-state index contributed by atoms with van der Waals surface area (Å²) in [6, 6.07) is 5.69. The van der Waals surface area contributed by atoms with E-state index in [1.54, 1.807) is 7.11 Å². The van der Waals surface area contributed by atoms with Crippen LogP contribution in [-0.4, -0.2) is 20.6 Å². The molecule has 0 saturated carbocycles. The van der Waals surface area contributed by atoms with E-state index in [1.807, 2.05) is 18.2 Å². The fraction of sp³-hybridized carbons (Fsp3) is 0.333. The Bertz CT molecular complexity index is 301. The summed E-state index contributed by atoms with van der Waals surface area (Å²) in [5, 5.41) is 3.07. The van der Waals surface area contributed by atoms with Gasteiger partial charge in [-0.2, -0.15) is 0 Å². The summed E-state index contributed by atoms with van der Waals surface area (Å²) in [5.41, 5.74) is 0.964. The Balaban J connectivity index is 2.12. The second-order valence-corrected chi connectivity index (χ2v) is 2.68. The van der Waals surface area contributed by atoms with E-state index in [0.29, 0.717) is 13.5 Å². The van der Waals surface area contributed by atoms with E-state index in [1.165, 1.54) is 0 Å². The number of ether oxygens (including phenoxy) is 3. The summed E-state index contributed by atoms with van der Waals surface area (Å²) in [7, 11) is 1.64. The van der Waals surface area contributed by atoms with Gasteiger partial charge in [0.25, 0.3) is 0 Å². The van der Waals surface area contributed by atoms with Gasteiger partial charge in [-0.25, -0.2) is 0 Å². The highest BCUT2D eigenvalue weighted by Gasteiger charge is 2.12. The maximum absolute atomic E-state index is 5.22. The molecule has 0 saturated heterocycles. The lowest BCUT2D eigenvalue weighted by Crippen LogP contribution is -2.02. The van der Waals surface area contributed by atoms with E-state index in [0.717, 1.165) is 17.2 Å². The highest BCUT2D eigenvalue weighted by molar-refractivity contribution is 5.55. The van der Waals surface area contributed by atoms with E-state index in [2.05, 4.69) is 5.32 Å². The summed E-state index contributed by atoms with van der Waals surface area (Å²) < 4.78 is 15.3. The molecule has 13 heavy (non-hydrogen) atoms. The zero-order valence-electron chi connectivity index (χ0n) is 7.37. The number of benzene rings is 1. The van der Waals surface area contributed by atoms with Crippen LogP contribution < -0.4 is 14.8 Å². The lowest BCUT2D eigenvalue weighted by Gasteiger charge is -2.05. The SMILES string of the molecule is COCNc1ccc2c(c1)OCO2. The van der Waals surface area contributed by atoms with Gasteiger partial charge in [0.1, 0.15) is 6.73 Å². The third kappa shape index (κ3) is 1.67. The number of nitrogens with one attached hydrogen (secondary N) is 1. The largest absolute Gasteiger partial charge is 0.454 e. The molecule has 1 aliphatic heterocycles. The summed E-state index contributed by atoms with van der Waals surface area (Å²) in [4.78, 5) is 0. The predicted octanol–water partition coefficient (Wildman–Crippen LogP) is 1.43. The fourth-order valence-electron chi connectivity index (χ4n) is 1.16. The Morgan fingerprint density at radius 1 is 1.38 bits per heavy atom. The number of methoxy groups -OCH3 is 1. The summed E-state index contributed by atoms with van der Waals surface area (Å²) in [5.74, 6) is 1.57. The van der Waals surface area contributed by atoms with Crippen molar-refractivity contribution in [2.45, 2.75) is 0 Å². The second-order valence-electron chi connectivity index (χ2n) is 2.68. The Kier molecular flexibility index (Phi) is 2.23. The molecule has 1 aliphatic rings. The fourth-order valence-corrected chi connectivity index (χ4v) is 1.16. The first kappa shape index (κ1) is 8.19. The molecule has 0 fully saturated rings. The van der Waals surface area contributed by atoms with Gasteiger partial charge in [0.2, 0.25) is 6.79 Å². The average molecular weight is 181 g/mol. The normalized spacial score (nSPS) is 13.0. The van der Waals surface area contributed by atoms with Gasteiger partial charge in [0.05, 0.1) is 0 Å². The molecular formula is C9H11NO3. The maximum atomic E-state index is 5.22. The average Bonchev–Trinajstić information content (AvgIpc) is 2.61. The van der Waals surface area contributed by atoms with Gasteiger partial charge in [-0.05, 0) is 12.1 Å². The smallest absolute Gasteiger partial charge is 0.231 e. The van der Waals surface area contributed by atoms with Crippen LogP contribution >= 0.6 is 0 Å². The van der Waals surface area contributed by atoms with Crippen LogP contribution in [0.2, 0.25) is 0 Å². The molecule has 0 spiro atoms. The lowest BCUT2D eigenvalue weighted by atomic mass is 10.3. The van der Waals surface area contributed by atoms with Gasteiger partial charge in [0, 0.05) is 18.9 Å². The minimum atomic E-state index is 0.309. The van der Waals surface area contributed by atoms with Gasteiger partial charge >= 0.3 is 0 Å². The first-order valence-corrected chi connectivity index (χ1v) is 4.02. The highest BCUT2D eigenvalue weighted by Crippen LogP contribution is 2.33. The molecule has 1 aromatic rings. The van der Waals surface area contributed by atoms with Gasteiger partial charge < -0.3 is 19.5 Å².